The zero-order chi connectivity index (χ0) is 12.0. The van der Waals surface area contributed by atoms with Crippen LogP contribution in [0.25, 0.3) is 0 Å². The maximum atomic E-state index is 8.69. The molecule has 0 aliphatic rings. The Morgan fingerprint density at radius 3 is 2.50 bits per heavy atom. The van der Waals surface area contributed by atoms with E-state index in [4.69, 9.17) is 15.9 Å². The minimum atomic E-state index is -1.01. The van der Waals surface area contributed by atoms with Crippen molar-refractivity contribution in [3.63, 3.8) is 0 Å². The van der Waals surface area contributed by atoms with Gasteiger partial charge in [-0.15, -0.1) is 0 Å². The number of hydrogen-bond acceptors (Lipinski definition) is 4. The molecule has 0 aliphatic heterocycles. The molecule has 1 N–H and O–H groups in total. The van der Waals surface area contributed by atoms with E-state index < -0.39 is 6.04 Å². The third-order valence-corrected chi connectivity index (χ3v) is 1.97. The zero-order valence-electron chi connectivity index (χ0n) is 8.81. The molecule has 0 radical (unpaired) electrons. The predicted molar refractivity (Wildman–Crippen MR) is 61.5 cm³/mol. The molecule has 1 atom stereocenters. The van der Waals surface area contributed by atoms with Crippen molar-refractivity contribution < 1.29 is 0 Å². The molecule has 0 fully saturated rings. The molecule has 16 heavy (non-hydrogen) atoms. The molecule has 0 saturated heterocycles. The summed E-state index contributed by atoms with van der Waals surface area (Å²) in [6.07, 6.45) is 1.50. The summed E-state index contributed by atoms with van der Waals surface area (Å²) in [5, 5.41) is 24.4. The summed E-state index contributed by atoms with van der Waals surface area (Å²) in [4.78, 5) is 3.88. The van der Waals surface area contributed by atoms with Crippen LogP contribution in [0.5, 0.6) is 0 Å². The number of aliphatic imine (C=N–C) groups is 1. The van der Waals surface area contributed by atoms with Gasteiger partial charge in [0.15, 0.2) is 6.04 Å². The van der Waals surface area contributed by atoms with Crippen LogP contribution in [-0.2, 0) is 0 Å². The molecule has 0 amide bonds. The van der Waals surface area contributed by atoms with Crippen LogP contribution in [0.2, 0.25) is 0 Å². The number of benzene rings is 1. The Bertz CT molecular complexity index is 485. The standard InChI is InChI=1S/C12H10N4/c1-9-2-4-10(5-3-9)8-16-12(7-14)11(15)6-13/h2-5,8,12,15H,1H3/t12-/m1/s1. The van der Waals surface area contributed by atoms with Gasteiger partial charge in [-0.1, -0.05) is 29.8 Å². The fourth-order valence-electron chi connectivity index (χ4n) is 1.05. The minimum absolute atomic E-state index is 0.342. The topological polar surface area (TPSA) is 83.8 Å². The average Bonchev–Trinajstić information content (AvgIpc) is 2.31. The minimum Gasteiger partial charge on any atom is -0.291 e. The SMILES string of the molecule is Cc1ccc(C=N[C@H](C#N)C(=N)C#N)cc1. The number of aryl methyl sites for hydroxylation is 1. The van der Waals surface area contributed by atoms with E-state index in [9.17, 15) is 0 Å². The van der Waals surface area contributed by atoms with Gasteiger partial charge in [-0.2, -0.15) is 10.5 Å². The van der Waals surface area contributed by atoms with Gasteiger partial charge >= 0.3 is 0 Å². The van der Waals surface area contributed by atoms with Gasteiger partial charge < -0.3 is 0 Å². The van der Waals surface area contributed by atoms with Gasteiger partial charge in [-0.05, 0) is 12.5 Å². The maximum absolute atomic E-state index is 8.69. The molecule has 1 aromatic carbocycles. The van der Waals surface area contributed by atoms with Crippen molar-refractivity contribution >= 4 is 11.9 Å². The van der Waals surface area contributed by atoms with Crippen molar-refractivity contribution in [1.29, 1.82) is 15.9 Å². The maximum Gasteiger partial charge on any atom is 0.187 e. The third-order valence-electron chi connectivity index (χ3n) is 1.97. The Morgan fingerprint density at radius 1 is 1.38 bits per heavy atom. The Kier molecular flexibility index (Phi) is 3.94. The molecule has 1 aromatic rings. The summed E-state index contributed by atoms with van der Waals surface area (Å²) < 4.78 is 0. The number of nitrogens with zero attached hydrogens (tertiary/aromatic N) is 3. The fourth-order valence-corrected chi connectivity index (χ4v) is 1.05. The summed E-state index contributed by atoms with van der Waals surface area (Å²) in [7, 11) is 0. The van der Waals surface area contributed by atoms with E-state index in [0.29, 0.717) is 0 Å². The van der Waals surface area contributed by atoms with E-state index in [2.05, 4.69) is 4.99 Å². The van der Waals surface area contributed by atoms with Crippen LogP contribution in [0.4, 0.5) is 0 Å². The quantitative estimate of drug-likeness (QED) is 0.772. The smallest absolute Gasteiger partial charge is 0.187 e. The molecule has 1 rings (SSSR count). The lowest BCUT2D eigenvalue weighted by Gasteiger charge is -1.98. The number of nitrogens with one attached hydrogen (secondary N) is 1. The van der Waals surface area contributed by atoms with Crippen LogP contribution in [-0.4, -0.2) is 18.0 Å². The second-order valence-electron chi connectivity index (χ2n) is 3.25. The number of hydrogen-bond donors (Lipinski definition) is 1. The highest BCUT2D eigenvalue weighted by atomic mass is 14.8. The van der Waals surface area contributed by atoms with Crippen molar-refractivity contribution in [1.82, 2.24) is 0 Å². The average molecular weight is 210 g/mol. The summed E-state index contributed by atoms with van der Waals surface area (Å²) in [6.45, 7) is 1.98. The van der Waals surface area contributed by atoms with Gasteiger partial charge in [-0.3, -0.25) is 10.4 Å². The largest absolute Gasteiger partial charge is 0.291 e. The van der Waals surface area contributed by atoms with E-state index in [1.54, 1.807) is 12.1 Å². The monoisotopic (exact) mass is 210 g/mol. The van der Waals surface area contributed by atoms with E-state index in [1.807, 2.05) is 31.2 Å². The first-order chi connectivity index (χ1) is 7.67. The molecule has 78 valence electrons. The Hall–Kier alpha value is -2.46. The van der Waals surface area contributed by atoms with Gasteiger partial charge in [0.1, 0.15) is 11.8 Å². The van der Waals surface area contributed by atoms with Crippen molar-refractivity contribution in [2.75, 3.05) is 0 Å². The highest BCUT2D eigenvalue weighted by Crippen LogP contribution is 2.01. The molecular weight excluding hydrogens is 200 g/mol. The summed E-state index contributed by atoms with van der Waals surface area (Å²) in [6, 6.07) is 9.98. The lowest BCUT2D eigenvalue weighted by atomic mass is 10.1. The zero-order valence-corrected chi connectivity index (χ0v) is 8.81. The van der Waals surface area contributed by atoms with Crippen LogP contribution in [0.1, 0.15) is 11.1 Å². The van der Waals surface area contributed by atoms with Gasteiger partial charge in [-0.25, -0.2) is 0 Å². The Morgan fingerprint density at radius 2 is 2.00 bits per heavy atom. The fraction of sp³-hybridized carbons (Fsp3) is 0.167. The van der Waals surface area contributed by atoms with Gasteiger partial charge in [0.2, 0.25) is 0 Å². The molecular formula is C12H10N4. The van der Waals surface area contributed by atoms with Crippen LogP contribution in [0, 0.1) is 35.0 Å². The number of nitriles is 2. The van der Waals surface area contributed by atoms with Crippen molar-refractivity contribution in [2.24, 2.45) is 4.99 Å². The molecule has 0 spiro atoms. The molecule has 0 bridgehead atoms. The Balaban J connectivity index is 2.81. The lowest BCUT2D eigenvalue weighted by Crippen LogP contribution is -2.13. The highest BCUT2D eigenvalue weighted by Gasteiger charge is 2.09. The molecule has 0 heterocycles. The van der Waals surface area contributed by atoms with Gasteiger partial charge in [0, 0.05) is 6.21 Å². The second-order valence-corrected chi connectivity index (χ2v) is 3.25. The van der Waals surface area contributed by atoms with Crippen molar-refractivity contribution in [3.8, 4) is 12.1 Å². The normalized spacial score (nSPS) is 11.7. The first-order valence-electron chi connectivity index (χ1n) is 4.65. The highest BCUT2D eigenvalue weighted by molar-refractivity contribution is 6.03. The van der Waals surface area contributed by atoms with Crippen molar-refractivity contribution in [3.05, 3.63) is 35.4 Å². The van der Waals surface area contributed by atoms with E-state index in [1.165, 1.54) is 6.21 Å². The lowest BCUT2D eigenvalue weighted by molar-refractivity contribution is 1.09. The van der Waals surface area contributed by atoms with Crippen molar-refractivity contribution in [2.45, 2.75) is 13.0 Å². The van der Waals surface area contributed by atoms with Crippen LogP contribution in [0.3, 0.4) is 0 Å². The number of rotatable bonds is 3. The van der Waals surface area contributed by atoms with Crippen LogP contribution in [0.15, 0.2) is 29.3 Å². The molecule has 4 heteroatoms. The first kappa shape index (κ1) is 11.6. The van der Waals surface area contributed by atoms with E-state index in [-0.39, 0.29) is 5.71 Å². The molecule has 0 aliphatic carbocycles. The van der Waals surface area contributed by atoms with E-state index in [0.717, 1.165) is 11.1 Å². The third kappa shape index (κ3) is 3.04. The van der Waals surface area contributed by atoms with Gasteiger partial charge in [0.25, 0.3) is 0 Å². The second kappa shape index (κ2) is 5.43. The van der Waals surface area contributed by atoms with Crippen LogP contribution < -0.4 is 0 Å². The molecule has 4 nitrogen and oxygen atoms in total. The van der Waals surface area contributed by atoms with Gasteiger partial charge in [0.05, 0.1) is 6.07 Å². The van der Waals surface area contributed by atoms with Crippen LogP contribution >= 0.6 is 0 Å². The summed E-state index contributed by atoms with van der Waals surface area (Å²) >= 11 is 0. The predicted octanol–water partition coefficient (Wildman–Crippen LogP) is 1.85. The molecule has 0 aromatic heterocycles. The molecule has 0 saturated carbocycles. The molecule has 0 unspecified atom stereocenters. The summed E-state index contributed by atoms with van der Waals surface area (Å²) in [5.41, 5.74) is 1.64. The summed E-state index contributed by atoms with van der Waals surface area (Å²) in [5.74, 6) is 0. The first-order valence-corrected chi connectivity index (χ1v) is 4.65. The Labute approximate surface area is 94.0 Å². The van der Waals surface area contributed by atoms with E-state index >= 15 is 0 Å².